The van der Waals surface area contributed by atoms with Crippen molar-refractivity contribution in [2.45, 2.75) is 50.7 Å². The molecule has 13 heavy (non-hydrogen) atoms. The van der Waals surface area contributed by atoms with E-state index in [1.54, 1.807) is 0 Å². The second kappa shape index (κ2) is 4.63. The summed E-state index contributed by atoms with van der Waals surface area (Å²) in [4.78, 5) is 0. The van der Waals surface area contributed by atoms with E-state index in [-0.39, 0.29) is 18.0 Å². The first-order valence-electron chi connectivity index (χ1n) is 5.19. The fourth-order valence-electron chi connectivity index (χ4n) is 2.45. The van der Waals surface area contributed by atoms with Crippen LogP contribution in [0.25, 0.3) is 0 Å². The number of piperidine rings is 1. The maximum atomic E-state index is 5.82. The summed E-state index contributed by atoms with van der Waals surface area (Å²) in [6.45, 7) is 4.42. The summed E-state index contributed by atoms with van der Waals surface area (Å²) >= 11 is 0. The topological polar surface area (TPSA) is 21.3 Å². The smallest absolute Gasteiger partial charge is 0.0807 e. The SMILES string of the molecule is CC1(C2CCCCN2)CCCO1.Cl. The highest BCUT2D eigenvalue weighted by molar-refractivity contribution is 5.85. The van der Waals surface area contributed by atoms with E-state index in [1.807, 2.05) is 0 Å². The van der Waals surface area contributed by atoms with Crippen LogP contribution in [0.15, 0.2) is 0 Å². The lowest BCUT2D eigenvalue weighted by Crippen LogP contribution is -2.50. The predicted molar refractivity (Wildman–Crippen MR) is 56.5 cm³/mol. The van der Waals surface area contributed by atoms with Crippen LogP contribution in [0.4, 0.5) is 0 Å². The summed E-state index contributed by atoms with van der Waals surface area (Å²) in [5.41, 5.74) is 0.153. The van der Waals surface area contributed by atoms with Crippen molar-refractivity contribution in [3.63, 3.8) is 0 Å². The van der Waals surface area contributed by atoms with E-state index in [0.717, 1.165) is 6.61 Å². The van der Waals surface area contributed by atoms with Gasteiger partial charge in [-0.25, -0.2) is 0 Å². The molecule has 0 radical (unpaired) electrons. The van der Waals surface area contributed by atoms with Crippen LogP contribution in [-0.4, -0.2) is 24.8 Å². The van der Waals surface area contributed by atoms with E-state index >= 15 is 0 Å². The molecule has 2 heterocycles. The van der Waals surface area contributed by atoms with E-state index < -0.39 is 0 Å². The van der Waals surface area contributed by atoms with Crippen molar-refractivity contribution in [2.24, 2.45) is 0 Å². The maximum absolute atomic E-state index is 5.82. The summed E-state index contributed by atoms with van der Waals surface area (Å²) in [5.74, 6) is 0. The van der Waals surface area contributed by atoms with Gasteiger partial charge in [-0.2, -0.15) is 0 Å². The molecular formula is C10H20ClNO. The molecule has 1 N–H and O–H groups in total. The first-order chi connectivity index (χ1) is 5.81. The average Bonchev–Trinajstić information content (AvgIpc) is 2.55. The molecule has 2 aliphatic rings. The molecule has 2 aliphatic heterocycles. The molecular weight excluding hydrogens is 186 g/mol. The molecule has 2 unspecified atom stereocenters. The third-order valence-corrected chi connectivity index (χ3v) is 3.30. The highest BCUT2D eigenvalue weighted by Crippen LogP contribution is 2.31. The Balaban J connectivity index is 0.000000845. The molecule has 2 rings (SSSR count). The zero-order valence-electron chi connectivity index (χ0n) is 8.34. The van der Waals surface area contributed by atoms with E-state index in [4.69, 9.17) is 4.74 Å². The number of hydrogen-bond acceptors (Lipinski definition) is 2. The number of nitrogens with one attached hydrogen (secondary N) is 1. The van der Waals surface area contributed by atoms with E-state index in [0.29, 0.717) is 6.04 Å². The molecule has 3 heteroatoms. The summed E-state index contributed by atoms with van der Waals surface area (Å²) in [5, 5.41) is 3.58. The van der Waals surface area contributed by atoms with Crippen molar-refractivity contribution in [3.05, 3.63) is 0 Å². The first kappa shape index (κ1) is 11.3. The fraction of sp³-hybridized carbons (Fsp3) is 1.00. The molecule has 0 aromatic heterocycles. The van der Waals surface area contributed by atoms with E-state index in [2.05, 4.69) is 12.2 Å². The predicted octanol–water partition coefficient (Wildman–Crippen LogP) is 2.12. The zero-order valence-corrected chi connectivity index (χ0v) is 9.16. The average molecular weight is 206 g/mol. The van der Waals surface area contributed by atoms with Crippen molar-refractivity contribution < 1.29 is 4.74 Å². The Morgan fingerprint density at radius 2 is 2.15 bits per heavy atom. The van der Waals surface area contributed by atoms with Crippen molar-refractivity contribution >= 4 is 12.4 Å². The molecule has 78 valence electrons. The largest absolute Gasteiger partial charge is 0.374 e. The van der Waals surface area contributed by atoms with Gasteiger partial charge in [-0.15, -0.1) is 12.4 Å². The van der Waals surface area contributed by atoms with Gasteiger partial charge in [-0.3, -0.25) is 0 Å². The molecule has 0 aromatic rings. The molecule has 2 atom stereocenters. The second-order valence-electron chi connectivity index (χ2n) is 4.27. The Morgan fingerprint density at radius 1 is 1.31 bits per heavy atom. The minimum Gasteiger partial charge on any atom is -0.374 e. The molecule has 0 saturated carbocycles. The van der Waals surface area contributed by atoms with Crippen LogP contribution >= 0.6 is 12.4 Å². The second-order valence-corrected chi connectivity index (χ2v) is 4.27. The quantitative estimate of drug-likeness (QED) is 0.708. The van der Waals surface area contributed by atoms with Gasteiger partial charge in [0.2, 0.25) is 0 Å². The molecule has 2 nitrogen and oxygen atoms in total. The number of hydrogen-bond donors (Lipinski definition) is 1. The third-order valence-electron chi connectivity index (χ3n) is 3.30. The number of rotatable bonds is 1. The van der Waals surface area contributed by atoms with Gasteiger partial charge in [0, 0.05) is 12.6 Å². The lowest BCUT2D eigenvalue weighted by atomic mass is 9.87. The van der Waals surface area contributed by atoms with Gasteiger partial charge in [0.05, 0.1) is 5.60 Å². The number of halogens is 1. The van der Waals surface area contributed by atoms with Gasteiger partial charge in [0.15, 0.2) is 0 Å². The molecule has 0 amide bonds. The van der Waals surface area contributed by atoms with Crippen molar-refractivity contribution in [1.29, 1.82) is 0 Å². The zero-order chi connectivity index (χ0) is 8.44. The van der Waals surface area contributed by atoms with Crippen molar-refractivity contribution in [3.8, 4) is 0 Å². The van der Waals surface area contributed by atoms with Gasteiger partial charge >= 0.3 is 0 Å². The lowest BCUT2D eigenvalue weighted by molar-refractivity contribution is -0.0184. The van der Waals surface area contributed by atoms with Gasteiger partial charge in [0.25, 0.3) is 0 Å². The highest BCUT2D eigenvalue weighted by Gasteiger charge is 2.38. The Bertz CT molecular complexity index is 151. The first-order valence-corrected chi connectivity index (χ1v) is 5.19. The van der Waals surface area contributed by atoms with Gasteiger partial charge in [-0.05, 0) is 39.2 Å². The van der Waals surface area contributed by atoms with E-state index in [1.165, 1.54) is 38.6 Å². The minimum absolute atomic E-state index is 0. The van der Waals surface area contributed by atoms with Crippen LogP contribution in [0.2, 0.25) is 0 Å². The molecule has 0 bridgehead atoms. The molecule has 2 saturated heterocycles. The fourth-order valence-corrected chi connectivity index (χ4v) is 2.45. The third kappa shape index (κ3) is 2.36. The monoisotopic (exact) mass is 205 g/mol. The molecule has 0 spiro atoms. The molecule has 0 aliphatic carbocycles. The number of ether oxygens (including phenoxy) is 1. The van der Waals surface area contributed by atoms with Gasteiger partial charge in [-0.1, -0.05) is 6.42 Å². The molecule has 2 fully saturated rings. The van der Waals surface area contributed by atoms with Gasteiger partial charge < -0.3 is 10.1 Å². The standard InChI is InChI=1S/C10H19NO.ClH/c1-10(6-4-8-12-10)9-5-2-3-7-11-9;/h9,11H,2-8H2,1H3;1H. The Hall–Kier alpha value is 0.210. The minimum atomic E-state index is 0. The van der Waals surface area contributed by atoms with Gasteiger partial charge in [0.1, 0.15) is 0 Å². The van der Waals surface area contributed by atoms with E-state index in [9.17, 15) is 0 Å². The lowest BCUT2D eigenvalue weighted by Gasteiger charge is -2.36. The normalized spacial score (nSPS) is 39.9. The summed E-state index contributed by atoms with van der Waals surface area (Å²) < 4.78 is 5.82. The summed E-state index contributed by atoms with van der Waals surface area (Å²) in [6, 6.07) is 0.619. The van der Waals surface area contributed by atoms with Crippen molar-refractivity contribution in [2.75, 3.05) is 13.2 Å². The Morgan fingerprint density at radius 3 is 2.69 bits per heavy atom. The van der Waals surface area contributed by atoms with Crippen molar-refractivity contribution in [1.82, 2.24) is 5.32 Å². The van der Waals surface area contributed by atoms with Crippen LogP contribution in [0.5, 0.6) is 0 Å². The highest BCUT2D eigenvalue weighted by atomic mass is 35.5. The maximum Gasteiger partial charge on any atom is 0.0807 e. The Labute approximate surface area is 86.8 Å². The summed E-state index contributed by atoms with van der Waals surface area (Å²) in [6.07, 6.45) is 6.50. The van der Waals surface area contributed by atoms with Crippen LogP contribution in [-0.2, 0) is 4.74 Å². The van der Waals surface area contributed by atoms with Crippen LogP contribution in [0.1, 0.15) is 39.0 Å². The summed E-state index contributed by atoms with van der Waals surface area (Å²) in [7, 11) is 0. The van der Waals surface area contributed by atoms with Crippen LogP contribution < -0.4 is 5.32 Å². The van der Waals surface area contributed by atoms with Crippen LogP contribution in [0, 0.1) is 0 Å². The Kier molecular flexibility index (Phi) is 4.02. The molecule has 0 aromatic carbocycles. The van der Waals surface area contributed by atoms with Crippen LogP contribution in [0.3, 0.4) is 0 Å².